The number of hydrogen-bond acceptors (Lipinski definition) is 6. The van der Waals surface area contributed by atoms with Crippen LogP contribution in [0.2, 0.25) is 5.02 Å². The molecule has 4 atom stereocenters. The third kappa shape index (κ3) is 4.01. The Labute approximate surface area is 167 Å². The number of carbonyl (C=O) groups is 4. The molecule has 1 aromatic heterocycles. The lowest BCUT2D eigenvalue weighted by molar-refractivity contribution is -0.163. The van der Waals surface area contributed by atoms with E-state index in [-0.39, 0.29) is 29.5 Å². The molecular weight excluding hydrogens is 386 g/mol. The van der Waals surface area contributed by atoms with Crippen molar-refractivity contribution in [2.75, 3.05) is 5.32 Å². The van der Waals surface area contributed by atoms with Gasteiger partial charge < -0.3 is 10.1 Å². The summed E-state index contributed by atoms with van der Waals surface area (Å²) in [6.07, 6.45) is 3.40. The van der Waals surface area contributed by atoms with Gasteiger partial charge in [-0.25, -0.2) is 9.78 Å². The summed E-state index contributed by atoms with van der Waals surface area (Å²) in [5, 5.41) is 2.93. The summed E-state index contributed by atoms with van der Waals surface area (Å²) in [5.74, 6) is -2.43. The molecule has 0 aromatic carbocycles. The van der Waals surface area contributed by atoms with Gasteiger partial charge in [0.15, 0.2) is 6.10 Å². The maximum absolute atomic E-state index is 12.6. The van der Waals surface area contributed by atoms with E-state index in [1.807, 2.05) is 0 Å². The molecule has 0 bridgehead atoms. The van der Waals surface area contributed by atoms with Crippen molar-refractivity contribution in [3.8, 4) is 0 Å². The minimum atomic E-state index is -1.12. The number of nitrogens with one attached hydrogen (secondary N) is 1. The molecule has 150 valence electrons. The minimum absolute atomic E-state index is 0.263. The van der Waals surface area contributed by atoms with Gasteiger partial charge >= 0.3 is 5.97 Å². The first-order chi connectivity index (χ1) is 13.3. The first-order valence-corrected chi connectivity index (χ1v) is 9.67. The summed E-state index contributed by atoms with van der Waals surface area (Å²) in [6, 6.07) is 2.00. The topological polar surface area (TPSA) is 106 Å². The second kappa shape index (κ2) is 8.26. The average molecular weight is 408 g/mol. The Hall–Kier alpha value is -2.48. The van der Waals surface area contributed by atoms with Crippen molar-refractivity contribution in [2.24, 2.45) is 11.8 Å². The molecule has 3 amide bonds. The molecule has 3 rings (SSSR count). The van der Waals surface area contributed by atoms with Gasteiger partial charge in [0, 0.05) is 6.20 Å². The van der Waals surface area contributed by atoms with Crippen molar-refractivity contribution in [3.63, 3.8) is 0 Å². The van der Waals surface area contributed by atoms with Crippen LogP contribution in [0.15, 0.2) is 18.3 Å². The Morgan fingerprint density at radius 1 is 1.18 bits per heavy atom. The van der Waals surface area contributed by atoms with Crippen molar-refractivity contribution in [1.82, 2.24) is 9.88 Å². The highest BCUT2D eigenvalue weighted by molar-refractivity contribution is 6.30. The van der Waals surface area contributed by atoms with Crippen LogP contribution in [0.25, 0.3) is 0 Å². The lowest BCUT2D eigenvalue weighted by Gasteiger charge is -2.23. The quantitative estimate of drug-likeness (QED) is 0.592. The number of ether oxygens (including phenoxy) is 1. The van der Waals surface area contributed by atoms with Crippen LogP contribution in [0, 0.1) is 11.8 Å². The van der Waals surface area contributed by atoms with Crippen molar-refractivity contribution in [3.05, 3.63) is 23.4 Å². The molecule has 0 spiro atoms. The number of esters is 1. The van der Waals surface area contributed by atoms with Gasteiger partial charge in [0.05, 0.1) is 16.9 Å². The van der Waals surface area contributed by atoms with Crippen LogP contribution < -0.4 is 5.32 Å². The average Bonchev–Trinajstić information content (AvgIpc) is 2.93. The monoisotopic (exact) mass is 407 g/mol. The van der Waals surface area contributed by atoms with E-state index in [9.17, 15) is 19.2 Å². The van der Waals surface area contributed by atoms with E-state index in [4.69, 9.17) is 16.3 Å². The van der Waals surface area contributed by atoms with Gasteiger partial charge in [0.2, 0.25) is 11.8 Å². The minimum Gasteiger partial charge on any atom is -0.451 e. The van der Waals surface area contributed by atoms with Crippen molar-refractivity contribution < 1.29 is 23.9 Å². The summed E-state index contributed by atoms with van der Waals surface area (Å²) in [5.41, 5.74) is 0. The summed E-state index contributed by atoms with van der Waals surface area (Å²) < 4.78 is 5.18. The molecule has 1 aliphatic heterocycles. The number of nitrogens with zero attached hydrogens (tertiary/aromatic N) is 2. The highest BCUT2D eigenvalue weighted by Crippen LogP contribution is 2.38. The van der Waals surface area contributed by atoms with Crippen LogP contribution in [-0.4, -0.2) is 45.7 Å². The number of pyridine rings is 1. The molecule has 1 aromatic rings. The summed E-state index contributed by atoms with van der Waals surface area (Å²) >= 11 is 5.74. The van der Waals surface area contributed by atoms with Gasteiger partial charge in [-0.15, -0.1) is 0 Å². The molecule has 8 nitrogen and oxygen atoms in total. The molecule has 1 saturated heterocycles. The zero-order valence-corrected chi connectivity index (χ0v) is 16.4. The van der Waals surface area contributed by atoms with E-state index in [2.05, 4.69) is 10.3 Å². The highest BCUT2D eigenvalue weighted by Gasteiger charge is 2.51. The number of hydrogen-bond donors (Lipinski definition) is 1. The molecule has 2 fully saturated rings. The van der Waals surface area contributed by atoms with E-state index >= 15 is 0 Å². The van der Waals surface area contributed by atoms with Gasteiger partial charge in [0.25, 0.3) is 5.91 Å². The van der Waals surface area contributed by atoms with Gasteiger partial charge in [-0.2, -0.15) is 0 Å². The lowest BCUT2D eigenvalue weighted by Crippen LogP contribution is -2.46. The smallest absolute Gasteiger partial charge is 0.329 e. The third-order valence-electron chi connectivity index (χ3n) is 5.24. The largest absolute Gasteiger partial charge is 0.451 e. The number of likely N-dealkylation sites (tertiary alicyclic amines) is 1. The highest BCUT2D eigenvalue weighted by atomic mass is 35.5. The summed E-state index contributed by atoms with van der Waals surface area (Å²) in [7, 11) is 0. The van der Waals surface area contributed by atoms with Crippen LogP contribution in [0.3, 0.4) is 0 Å². The Kier molecular flexibility index (Phi) is 5.98. The standard InChI is InChI=1S/C19H22ClN3O5/c1-10(23-17(25)13-5-3-4-6-14(13)18(23)26)19(27)28-11(2)16(24)22-15-8-7-12(20)9-21-15/h7-11,13-14H,3-6H2,1-2H3,(H,21,22,24)/t10-,11-,13-,14+/m0/s1. The molecule has 9 heteroatoms. The number of imide groups is 1. The predicted octanol–water partition coefficient (Wildman–Crippen LogP) is 2.17. The molecule has 2 aliphatic rings. The molecule has 0 radical (unpaired) electrons. The molecule has 2 heterocycles. The Morgan fingerprint density at radius 3 is 2.32 bits per heavy atom. The second-order valence-corrected chi connectivity index (χ2v) is 7.59. The zero-order chi connectivity index (χ0) is 20.4. The fraction of sp³-hybridized carbons (Fsp3) is 0.526. The van der Waals surface area contributed by atoms with Gasteiger partial charge in [-0.1, -0.05) is 24.4 Å². The molecular formula is C19H22ClN3O5. The predicted molar refractivity (Wildman–Crippen MR) is 100 cm³/mol. The lowest BCUT2D eigenvalue weighted by atomic mass is 9.81. The van der Waals surface area contributed by atoms with Crippen LogP contribution >= 0.6 is 11.6 Å². The number of anilines is 1. The van der Waals surface area contributed by atoms with Crippen molar-refractivity contribution in [1.29, 1.82) is 0 Å². The summed E-state index contributed by atoms with van der Waals surface area (Å²) in [4.78, 5) is 54.8. The number of fused-ring (bicyclic) bond motifs is 1. The van der Waals surface area contributed by atoms with Crippen LogP contribution in [-0.2, 0) is 23.9 Å². The zero-order valence-electron chi connectivity index (χ0n) is 15.7. The van der Waals surface area contributed by atoms with E-state index in [1.165, 1.54) is 26.1 Å². The number of rotatable bonds is 5. The van der Waals surface area contributed by atoms with E-state index in [0.29, 0.717) is 17.9 Å². The number of amides is 3. The fourth-order valence-corrected chi connectivity index (χ4v) is 3.79. The first kappa shape index (κ1) is 20.3. The Bertz CT molecular complexity index is 773. The van der Waals surface area contributed by atoms with Gasteiger partial charge in [-0.3, -0.25) is 19.3 Å². The number of carbonyl (C=O) groups excluding carboxylic acids is 4. The van der Waals surface area contributed by atoms with E-state index in [1.54, 1.807) is 6.07 Å². The third-order valence-corrected chi connectivity index (χ3v) is 5.47. The molecule has 28 heavy (non-hydrogen) atoms. The molecule has 0 unspecified atom stereocenters. The molecule has 1 aliphatic carbocycles. The SMILES string of the molecule is C[C@H](OC(=O)[C@H](C)N1C(=O)[C@H]2CCCC[C@H]2C1=O)C(=O)Nc1ccc(Cl)cn1. The normalized spacial score (nSPS) is 23.8. The van der Waals surface area contributed by atoms with Gasteiger partial charge in [0.1, 0.15) is 11.9 Å². The second-order valence-electron chi connectivity index (χ2n) is 7.15. The van der Waals surface area contributed by atoms with E-state index < -0.39 is 24.0 Å². The van der Waals surface area contributed by atoms with Crippen LogP contribution in [0.1, 0.15) is 39.5 Å². The summed E-state index contributed by atoms with van der Waals surface area (Å²) in [6.45, 7) is 2.85. The van der Waals surface area contributed by atoms with Crippen LogP contribution in [0.5, 0.6) is 0 Å². The maximum Gasteiger partial charge on any atom is 0.329 e. The van der Waals surface area contributed by atoms with Crippen LogP contribution in [0.4, 0.5) is 5.82 Å². The Balaban J connectivity index is 1.60. The van der Waals surface area contributed by atoms with Gasteiger partial charge in [-0.05, 0) is 38.8 Å². The fourth-order valence-electron chi connectivity index (χ4n) is 3.68. The molecule has 1 saturated carbocycles. The van der Waals surface area contributed by atoms with Crippen molar-refractivity contribution >= 4 is 41.1 Å². The first-order valence-electron chi connectivity index (χ1n) is 9.29. The maximum atomic E-state index is 12.6. The number of aromatic nitrogens is 1. The molecule has 1 N–H and O–H groups in total. The van der Waals surface area contributed by atoms with E-state index in [0.717, 1.165) is 17.7 Å². The number of halogens is 1. The van der Waals surface area contributed by atoms with Crippen molar-refractivity contribution in [2.45, 2.75) is 51.7 Å². The Morgan fingerprint density at radius 2 is 1.79 bits per heavy atom.